The largest absolute Gasteiger partial charge is 0.371 e. The molecule has 31 heavy (non-hydrogen) atoms. The molecule has 0 spiro atoms. The number of hydrogen-bond donors (Lipinski definition) is 2. The summed E-state index contributed by atoms with van der Waals surface area (Å²) in [6, 6.07) is 14.3. The molecular weight excluding hydrogens is 430 g/mol. The van der Waals surface area contributed by atoms with Gasteiger partial charge in [-0.15, -0.1) is 11.3 Å². The highest BCUT2D eigenvalue weighted by Crippen LogP contribution is 2.29. The van der Waals surface area contributed by atoms with Crippen LogP contribution in [0.1, 0.15) is 33.6 Å². The Kier molecular flexibility index (Phi) is 6.02. The molecule has 2 N–H and O–H groups in total. The van der Waals surface area contributed by atoms with Gasteiger partial charge in [-0.05, 0) is 74.0 Å². The summed E-state index contributed by atoms with van der Waals surface area (Å²) < 4.78 is 28.3. The molecule has 6 nitrogen and oxygen atoms in total. The van der Waals surface area contributed by atoms with E-state index in [0.29, 0.717) is 11.4 Å². The predicted molar refractivity (Wildman–Crippen MR) is 127 cm³/mol. The molecule has 8 heteroatoms. The molecular formula is C23H25N3O3S2. The molecule has 3 aromatic rings. The third-order valence-corrected chi connectivity index (χ3v) is 7.80. The van der Waals surface area contributed by atoms with Gasteiger partial charge in [-0.2, -0.15) is 0 Å². The molecule has 0 atom stereocenters. The molecule has 0 radical (unpaired) electrons. The zero-order valence-electron chi connectivity index (χ0n) is 17.5. The van der Waals surface area contributed by atoms with Gasteiger partial charge in [0.05, 0.1) is 0 Å². The van der Waals surface area contributed by atoms with Crippen molar-refractivity contribution >= 4 is 44.3 Å². The van der Waals surface area contributed by atoms with Crippen LogP contribution in [0.3, 0.4) is 0 Å². The molecule has 0 unspecified atom stereocenters. The first-order chi connectivity index (χ1) is 14.8. The molecule has 2 heterocycles. The lowest BCUT2D eigenvalue weighted by Gasteiger charge is -2.20. The molecule has 1 aromatic heterocycles. The molecule has 2 aromatic carbocycles. The minimum Gasteiger partial charge on any atom is -0.371 e. The number of hydrogen-bond acceptors (Lipinski definition) is 5. The van der Waals surface area contributed by atoms with Crippen LogP contribution in [-0.4, -0.2) is 27.4 Å². The maximum Gasteiger partial charge on any atom is 0.267 e. The number of nitrogens with zero attached hydrogens (tertiary/aromatic N) is 1. The Morgan fingerprint density at radius 2 is 1.65 bits per heavy atom. The van der Waals surface area contributed by atoms with E-state index in [2.05, 4.69) is 14.9 Å². The molecule has 0 aliphatic carbocycles. The van der Waals surface area contributed by atoms with Gasteiger partial charge in [-0.1, -0.05) is 17.7 Å². The van der Waals surface area contributed by atoms with Crippen molar-refractivity contribution in [3.05, 3.63) is 69.9 Å². The Bertz CT molecular complexity index is 1200. The second kappa shape index (κ2) is 8.72. The lowest BCUT2D eigenvalue weighted by molar-refractivity contribution is 0.102. The minimum absolute atomic E-state index is 0.0269. The monoisotopic (exact) mass is 455 g/mol. The number of anilines is 3. The van der Waals surface area contributed by atoms with Crippen molar-refractivity contribution in [1.82, 2.24) is 0 Å². The van der Waals surface area contributed by atoms with Gasteiger partial charge < -0.3 is 10.2 Å². The van der Waals surface area contributed by atoms with Gasteiger partial charge in [0.1, 0.15) is 9.77 Å². The number of amides is 1. The predicted octanol–water partition coefficient (Wildman–Crippen LogP) is 5.02. The first-order valence-electron chi connectivity index (χ1n) is 10.2. The summed E-state index contributed by atoms with van der Waals surface area (Å²) in [6.07, 6.45) is 2.40. The third kappa shape index (κ3) is 4.75. The smallest absolute Gasteiger partial charge is 0.267 e. The van der Waals surface area contributed by atoms with Crippen molar-refractivity contribution in [3.63, 3.8) is 0 Å². The average Bonchev–Trinajstić information content (AvgIpc) is 3.42. The summed E-state index contributed by atoms with van der Waals surface area (Å²) in [7, 11) is -3.88. The summed E-state index contributed by atoms with van der Waals surface area (Å²) in [5.74, 6) is -0.437. The number of aryl methyl sites for hydroxylation is 2. The Labute approximate surface area is 187 Å². The summed E-state index contributed by atoms with van der Waals surface area (Å²) in [6.45, 7) is 6.06. The van der Waals surface area contributed by atoms with Crippen LogP contribution in [0.5, 0.6) is 0 Å². The van der Waals surface area contributed by atoms with E-state index < -0.39 is 15.9 Å². The summed E-state index contributed by atoms with van der Waals surface area (Å²) in [4.78, 5) is 15.4. The SMILES string of the molecule is Cc1ccc(NS(=O)(=O)c2ccsc2C(=O)Nc2ccc(N3CCCC3)c(C)c2)cc1. The number of thiophene rings is 1. The maximum absolute atomic E-state index is 12.9. The van der Waals surface area contributed by atoms with Crippen molar-refractivity contribution in [2.24, 2.45) is 0 Å². The zero-order valence-corrected chi connectivity index (χ0v) is 19.1. The van der Waals surface area contributed by atoms with E-state index in [0.717, 1.165) is 35.6 Å². The van der Waals surface area contributed by atoms with Gasteiger partial charge in [0, 0.05) is 30.2 Å². The highest BCUT2D eigenvalue weighted by molar-refractivity contribution is 7.93. The Balaban J connectivity index is 1.52. The Morgan fingerprint density at radius 1 is 0.968 bits per heavy atom. The molecule has 0 saturated carbocycles. The van der Waals surface area contributed by atoms with Gasteiger partial charge in [0.2, 0.25) is 0 Å². The molecule has 1 amide bonds. The highest BCUT2D eigenvalue weighted by atomic mass is 32.2. The van der Waals surface area contributed by atoms with E-state index in [1.165, 1.54) is 24.6 Å². The van der Waals surface area contributed by atoms with Gasteiger partial charge in [-0.3, -0.25) is 9.52 Å². The van der Waals surface area contributed by atoms with Crippen LogP contribution in [0.15, 0.2) is 58.8 Å². The highest BCUT2D eigenvalue weighted by Gasteiger charge is 2.24. The van der Waals surface area contributed by atoms with Crippen molar-refractivity contribution in [1.29, 1.82) is 0 Å². The van der Waals surface area contributed by atoms with Crippen molar-refractivity contribution in [2.45, 2.75) is 31.6 Å². The van der Waals surface area contributed by atoms with Crippen LogP contribution in [-0.2, 0) is 10.0 Å². The van der Waals surface area contributed by atoms with Crippen LogP contribution in [0.2, 0.25) is 0 Å². The van der Waals surface area contributed by atoms with Crippen LogP contribution in [0.4, 0.5) is 17.1 Å². The van der Waals surface area contributed by atoms with E-state index in [-0.39, 0.29) is 9.77 Å². The average molecular weight is 456 g/mol. The normalized spacial score (nSPS) is 13.9. The number of sulfonamides is 1. The number of rotatable bonds is 6. The number of carbonyl (C=O) groups is 1. The zero-order chi connectivity index (χ0) is 22.0. The minimum atomic E-state index is -3.88. The fourth-order valence-corrected chi connectivity index (χ4v) is 6.12. The molecule has 162 valence electrons. The maximum atomic E-state index is 12.9. The van der Waals surface area contributed by atoms with Crippen LogP contribution in [0.25, 0.3) is 0 Å². The van der Waals surface area contributed by atoms with Crippen LogP contribution in [0, 0.1) is 13.8 Å². The summed E-state index contributed by atoms with van der Waals surface area (Å²) >= 11 is 1.11. The van der Waals surface area contributed by atoms with Crippen molar-refractivity contribution in [2.75, 3.05) is 28.0 Å². The summed E-state index contributed by atoms with van der Waals surface area (Å²) in [5, 5.41) is 4.46. The van der Waals surface area contributed by atoms with E-state index in [9.17, 15) is 13.2 Å². The molecule has 1 fully saturated rings. The van der Waals surface area contributed by atoms with E-state index in [1.54, 1.807) is 17.5 Å². The van der Waals surface area contributed by atoms with Crippen LogP contribution < -0.4 is 14.9 Å². The molecule has 1 saturated heterocycles. The van der Waals surface area contributed by atoms with E-state index in [1.807, 2.05) is 44.2 Å². The topological polar surface area (TPSA) is 78.5 Å². The van der Waals surface area contributed by atoms with Gasteiger partial charge in [0.25, 0.3) is 15.9 Å². The second-order valence-electron chi connectivity index (χ2n) is 7.74. The van der Waals surface area contributed by atoms with E-state index >= 15 is 0 Å². The fourth-order valence-electron chi connectivity index (χ4n) is 3.74. The van der Waals surface area contributed by atoms with E-state index in [4.69, 9.17) is 0 Å². The van der Waals surface area contributed by atoms with Crippen LogP contribution >= 0.6 is 11.3 Å². The third-order valence-electron chi connectivity index (χ3n) is 5.33. The lowest BCUT2D eigenvalue weighted by atomic mass is 10.1. The molecule has 4 rings (SSSR count). The Morgan fingerprint density at radius 3 is 2.32 bits per heavy atom. The standard InChI is InChI=1S/C23H25N3O3S2/c1-16-5-7-18(8-6-16)25-31(28,29)21-11-14-30-22(21)23(27)24-19-9-10-20(17(2)15-19)26-12-3-4-13-26/h5-11,14-15,25H,3-4,12-13H2,1-2H3,(H,24,27). The number of carbonyl (C=O) groups excluding carboxylic acids is 1. The van der Waals surface area contributed by atoms with Crippen molar-refractivity contribution < 1.29 is 13.2 Å². The first-order valence-corrected chi connectivity index (χ1v) is 12.5. The van der Waals surface area contributed by atoms with Crippen molar-refractivity contribution in [3.8, 4) is 0 Å². The molecule has 1 aliphatic rings. The number of benzene rings is 2. The lowest BCUT2D eigenvalue weighted by Crippen LogP contribution is -2.20. The Hall–Kier alpha value is -2.84. The van der Waals surface area contributed by atoms with Gasteiger partial charge in [0.15, 0.2) is 0 Å². The van der Waals surface area contributed by atoms with Gasteiger partial charge in [-0.25, -0.2) is 8.42 Å². The first kappa shape index (κ1) is 21.4. The molecule has 1 aliphatic heterocycles. The second-order valence-corrected chi connectivity index (χ2v) is 10.3. The van der Waals surface area contributed by atoms with Gasteiger partial charge >= 0.3 is 0 Å². The fraction of sp³-hybridized carbons (Fsp3) is 0.261. The number of nitrogens with one attached hydrogen (secondary N) is 2. The quantitative estimate of drug-likeness (QED) is 0.547. The molecule has 0 bridgehead atoms. The summed E-state index contributed by atoms with van der Waals surface area (Å²) in [5.41, 5.74) is 4.39.